The fourth-order valence-corrected chi connectivity index (χ4v) is 3.75. The molecular formula is C23H34N6O. The van der Waals surface area contributed by atoms with Crippen LogP contribution in [0.5, 0.6) is 5.75 Å². The van der Waals surface area contributed by atoms with Gasteiger partial charge in [0, 0.05) is 40.4 Å². The Morgan fingerprint density at radius 1 is 1.17 bits per heavy atom. The molecule has 1 aromatic heterocycles. The number of pyridine rings is 1. The lowest BCUT2D eigenvalue weighted by atomic mass is 10.1. The Hall–Kier alpha value is -2.80. The van der Waals surface area contributed by atoms with Crippen LogP contribution in [0.25, 0.3) is 0 Å². The lowest BCUT2D eigenvalue weighted by Crippen LogP contribution is -2.42. The van der Waals surface area contributed by atoms with Crippen molar-refractivity contribution in [2.75, 3.05) is 52.8 Å². The molecule has 1 fully saturated rings. The molecule has 0 saturated carbocycles. The third-order valence-corrected chi connectivity index (χ3v) is 5.50. The first-order chi connectivity index (χ1) is 14.6. The molecular weight excluding hydrogens is 376 g/mol. The Kier molecular flexibility index (Phi) is 7.90. The Labute approximate surface area is 180 Å². The van der Waals surface area contributed by atoms with Gasteiger partial charge in [-0.05, 0) is 61.3 Å². The van der Waals surface area contributed by atoms with Gasteiger partial charge in [0.15, 0.2) is 5.96 Å². The number of nitrogens with one attached hydrogen (secondary N) is 2. The van der Waals surface area contributed by atoms with Gasteiger partial charge in [-0.15, -0.1) is 0 Å². The number of rotatable bonds is 8. The maximum absolute atomic E-state index is 5.32. The molecule has 162 valence electrons. The molecule has 0 radical (unpaired) electrons. The largest absolute Gasteiger partial charge is 0.497 e. The second kappa shape index (κ2) is 10.8. The van der Waals surface area contributed by atoms with Crippen molar-refractivity contribution < 1.29 is 4.74 Å². The summed E-state index contributed by atoms with van der Waals surface area (Å²) in [7, 11) is 7.51. The molecule has 1 atom stereocenters. The average molecular weight is 411 g/mol. The molecule has 0 bridgehead atoms. The fraction of sp³-hybridized carbons (Fsp3) is 0.478. The second-order valence-corrected chi connectivity index (χ2v) is 7.76. The molecule has 2 N–H and O–H groups in total. The fourth-order valence-electron chi connectivity index (χ4n) is 3.75. The molecule has 0 spiro atoms. The van der Waals surface area contributed by atoms with Crippen LogP contribution in [0.1, 0.15) is 30.0 Å². The number of hydrogen-bond acceptors (Lipinski definition) is 5. The first kappa shape index (κ1) is 21.9. The molecule has 30 heavy (non-hydrogen) atoms. The number of aliphatic imine (C=N–C) groups is 1. The van der Waals surface area contributed by atoms with Crippen molar-refractivity contribution in [3.63, 3.8) is 0 Å². The first-order valence-electron chi connectivity index (χ1n) is 10.6. The van der Waals surface area contributed by atoms with E-state index >= 15 is 0 Å². The van der Waals surface area contributed by atoms with Crippen molar-refractivity contribution in [3.8, 4) is 5.75 Å². The summed E-state index contributed by atoms with van der Waals surface area (Å²) in [5.74, 6) is 2.64. The molecule has 1 aliphatic rings. The van der Waals surface area contributed by atoms with Crippen LogP contribution in [0.4, 0.5) is 5.82 Å². The van der Waals surface area contributed by atoms with E-state index < -0.39 is 0 Å². The molecule has 0 amide bonds. The highest BCUT2D eigenvalue weighted by Crippen LogP contribution is 2.26. The van der Waals surface area contributed by atoms with Crippen molar-refractivity contribution in [2.45, 2.75) is 25.4 Å². The van der Waals surface area contributed by atoms with Crippen LogP contribution < -0.4 is 20.3 Å². The van der Waals surface area contributed by atoms with Crippen molar-refractivity contribution >= 4 is 11.8 Å². The number of anilines is 1. The topological polar surface area (TPSA) is 65.0 Å². The first-order valence-corrected chi connectivity index (χ1v) is 10.6. The van der Waals surface area contributed by atoms with E-state index in [9.17, 15) is 0 Å². The summed E-state index contributed by atoms with van der Waals surface area (Å²) >= 11 is 0. The molecule has 7 nitrogen and oxygen atoms in total. The van der Waals surface area contributed by atoms with Gasteiger partial charge in [-0.2, -0.15) is 0 Å². The van der Waals surface area contributed by atoms with Crippen LogP contribution in [0.3, 0.4) is 0 Å². The predicted molar refractivity (Wildman–Crippen MR) is 123 cm³/mol. The van der Waals surface area contributed by atoms with E-state index in [1.165, 1.54) is 24.0 Å². The highest BCUT2D eigenvalue weighted by Gasteiger charge is 2.23. The van der Waals surface area contributed by atoms with Crippen LogP contribution in [-0.4, -0.2) is 63.7 Å². The van der Waals surface area contributed by atoms with Gasteiger partial charge in [-0.3, -0.25) is 9.89 Å². The Morgan fingerprint density at radius 3 is 2.53 bits per heavy atom. The van der Waals surface area contributed by atoms with Crippen LogP contribution in [0.2, 0.25) is 0 Å². The zero-order valence-electron chi connectivity index (χ0n) is 18.6. The minimum atomic E-state index is 0.304. The molecule has 0 aliphatic carbocycles. The van der Waals surface area contributed by atoms with Crippen molar-refractivity contribution in [3.05, 3.63) is 53.7 Å². The third kappa shape index (κ3) is 5.86. The lowest BCUT2D eigenvalue weighted by Gasteiger charge is -2.29. The SMILES string of the molecule is CN=C(NCc1ccnc(N(C)C)c1)NCC(c1ccc(OC)cc1)N1CCCC1. The number of hydrogen-bond donors (Lipinski definition) is 2. The van der Waals surface area contributed by atoms with Gasteiger partial charge < -0.3 is 20.3 Å². The molecule has 1 unspecified atom stereocenters. The maximum atomic E-state index is 5.32. The standard InChI is InChI=1S/C23H34N6O/c1-24-23(26-16-18-11-12-25-22(15-18)28(2)3)27-17-21(29-13-5-6-14-29)19-7-9-20(30-4)10-8-19/h7-12,15,21H,5-6,13-14,16-17H2,1-4H3,(H2,24,26,27). The summed E-state index contributed by atoms with van der Waals surface area (Å²) in [6, 6.07) is 12.8. The number of nitrogens with zero attached hydrogens (tertiary/aromatic N) is 4. The van der Waals surface area contributed by atoms with Crippen molar-refractivity contribution in [2.24, 2.45) is 4.99 Å². The van der Waals surface area contributed by atoms with E-state index in [4.69, 9.17) is 4.74 Å². The third-order valence-electron chi connectivity index (χ3n) is 5.50. The summed E-state index contributed by atoms with van der Waals surface area (Å²) < 4.78 is 5.32. The predicted octanol–water partition coefficient (Wildman–Crippen LogP) is 2.66. The van der Waals surface area contributed by atoms with Crippen LogP contribution in [0, 0.1) is 0 Å². The van der Waals surface area contributed by atoms with Gasteiger partial charge in [0.05, 0.1) is 13.2 Å². The number of ether oxygens (including phenoxy) is 1. The van der Waals surface area contributed by atoms with Gasteiger partial charge >= 0.3 is 0 Å². The monoisotopic (exact) mass is 410 g/mol. The van der Waals surface area contributed by atoms with Gasteiger partial charge in [0.2, 0.25) is 0 Å². The summed E-state index contributed by atoms with van der Waals surface area (Å²) in [5.41, 5.74) is 2.47. The number of methoxy groups -OCH3 is 1. The molecule has 1 aromatic carbocycles. The van der Waals surface area contributed by atoms with Crippen molar-refractivity contribution in [1.82, 2.24) is 20.5 Å². The van der Waals surface area contributed by atoms with Crippen molar-refractivity contribution in [1.29, 1.82) is 0 Å². The Morgan fingerprint density at radius 2 is 1.90 bits per heavy atom. The quantitative estimate of drug-likeness (QED) is 0.515. The maximum Gasteiger partial charge on any atom is 0.191 e. The molecule has 7 heteroatoms. The summed E-state index contributed by atoms with van der Waals surface area (Å²) in [6.45, 7) is 3.76. The zero-order chi connectivity index (χ0) is 21.3. The number of likely N-dealkylation sites (tertiary alicyclic amines) is 1. The smallest absolute Gasteiger partial charge is 0.191 e. The molecule has 1 aliphatic heterocycles. The van der Waals surface area contributed by atoms with Gasteiger partial charge in [0.1, 0.15) is 11.6 Å². The zero-order valence-corrected chi connectivity index (χ0v) is 18.6. The minimum absolute atomic E-state index is 0.304. The van der Waals surface area contributed by atoms with Gasteiger partial charge in [-0.1, -0.05) is 12.1 Å². The number of aromatic nitrogens is 1. The molecule has 2 aromatic rings. The highest BCUT2D eigenvalue weighted by atomic mass is 16.5. The Balaban J connectivity index is 1.62. The van der Waals surface area contributed by atoms with E-state index in [-0.39, 0.29) is 0 Å². The van der Waals surface area contributed by atoms with Crippen LogP contribution in [0.15, 0.2) is 47.6 Å². The second-order valence-electron chi connectivity index (χ2n) is 7.76. The molecule has 1 saturated heterocycles. The van der Waals surface area contributed by atoms with Crippen LogP contribution in [-0.2, 0) is 6.54 Å². The van der Waals surface area contributed by atoms with Gasteiger partial charge in [-0.25, -0.2) is 4.98 Å². The van der Waals surface area contributed by atoms with Gasteiger partial charge in [0.25, 0.3) is 0 Å². The normalized spacial score (nSPS) is 15.7. The lowest BCUT2D eigenvalue weighted by molar-refractivity contribution is 0.245. The number of benzene rings is 1. The van der Waals surface area contributed by atoms with E-state index in [2.05, 4.69) is 43.7 Å². The highest BCUT2D eigenvalue weighted by molar-refractivity contribution is 5.79. The van der Waals surface area contributed by atoms with E-state index in [1.807, 2.05) is 50.4 Å². The van der Waals surface area contributed by atoms with E-state index in [1.54, 1.807) is 7.11 Å². The molecule has 2 heterocycles. The summed E-state index contributed by atoms with van der Waals surface area (Å²) in [5, 5.41) is 6.94. The van der Waals surface area contributed by atoms with Crippen LogP contribution >= 0.6 is 0 Å². The number of guanidine groups is 1. The van der Waals surface area contributed by atoms with E-state index in [0.717, 1.165) is 37.2 Å². The average Bonchev–Trinajstić information content (AvgIpc) is 3.31. The minimum Gasteiger partial charge on any atom is -0.497 e. The summed E-state index contributed by atoms with van der Waals surface area (Å²) in [6.07, 6.45) is 4.36. The summed E-state index contributed by atoms with van der Waals surface area (Å²) in [4.78, 5) is 13.3. The van der Waals surface area contributed by atoms with E-state index in [0.29, 0.717) is 12.6 Å². The molecule has 3 rings (SSSR count). The Bertz CT molecular complexity index is 815.